The highest BCUT2D eigenvalue weighted by molar-refractivity contribution is 8.00. The van der Waals surface area contributed by atoms with Gasteiger partial charge in [-0.2, -0.15) is 0 Å². The third-order valence-corrected chi connectivity index (χ3v) is 5.10. The van der Waals surface area contributed by atoms with Crippen molar-refractivity contribution in [3.8, 4) is 5.75 Å². The third-order valence-electron chi connectivity index (χ3n) is 3.82. The van der Waals surface area contributed by atoms with Crippen LogP contribution in [-0.4, -0.2) is 13.0 Å². The van der Waals surface area contributed by atoms with Gasteiger partial charge in [-0.25, -0.2) is 8.78 Å². The fraction of sp³-hybridized carbons (Fsp3) is 0.0952. The molecule has 6 heteroatoms. The molecule has 0 aliphatic carbocycles. The molecule has 0 unspecified atom stereocenters. The summed E-state index contributed by atoms with van der Waals surface area (Å²) in [4.78, 5) is 13.0. The van der Waals surface area contributed by atoms with Gasteiger partial charge >= 0.3 is 0 Å². The van der Waals surface area contributed by atoms with Crippen LogP contribution in [0.2, 0.25) is 0 Å². The van der Waals surface area contributed by atoms with E-state index in [0.717, 1.165) is 30.0 Å². The topological polar surface area (TPSA) is 38.3 Å². The number of halogens is 2. The second kappa shape index (κ2) is 8.68. The molecule has 0 saturated carbocycles. The predicted molar refractivity (Wildman–Crippen MR) is 103 cm³/mol. The molecule has 3 aromatic rings. The quantitative estimate of drug-likeness (QED) is 0.574. The lowest BCUT2D eigenvalue weighted by Crippen LogP contribution is -2.19. The molecular formula is C21H17F2NO2S. The van der Waals surface area contributed by atoms with E-state index in [2.05, 4.69) is 5.32 Å². The van der Waals surface area contributed by atoms with E-state index >= 15 is 0 Å². The van der Waals surface area contributed by atoms with Crippen LogP contribution in [0.1, 0.15) is 10.8 Å². The molecule has 3 rings (SSSR count). The summed E-state index contributed by atoms with van der Waals surface area (Å²) in [7, 11) is 1.54. The molecule has 138 valence electrons. The molecule has 0 saturated heterocycles. The van der Waals surface area contributed by atoms with Gasteiger partial charge in [0.25, 0.3) is 0 Å². The lowest BCUT2D eigenvalue weighted by atomic mass is 10.1. The molecule has 0 aromatic heterocycles. The van der Waals surface area contributed by atoms with Crippen molar-refractivity contribution in [3.05, 3.63) is 90.0 Å². The monoisotopic (exact) mass is 385 g/mol. The minimum absolute atomic E-state index is 0.0737. The van der Waals surface area contributed by atoms with Gasteiger partial charge in [0.05, 0.1) is 7.11 Å². The van der Waals surface area contributed by atoms with E-state index in [1.807, 2.05) is 6.07 Å². The molecule has 0 radical (unpaired) electrons. The van der Waals surface area contributed by atoms with Crippen molar-refractivity contribution in [2.45, 2.75) is 10.1 Å². The van der Waals surface area contributed by atoms with Gasteiger partial charge in [-0.15, -0.1) is 11.8 Å². The number of rotatable bonds is 6. The number of hydrogen-bond donors (Lipinski definition) is 1. The van der Waals surface area contributed by atoms with Crippen molar-refractivity contribution >= 4 is 23.4 Å². The van der Waals surface area contributed by atoms with Gasteiger partial charge in [0.15, 0.2) is 0 Å². The van der Waals surface area contributed by atoms with Crippen LogP contribution in [0.3, 0.4) is 0 Å². The summed E-state index contributed by atoms with van der Waals surface area (Å²) in [6, 6.07) is 19.1. The van der Waals surface area contributed by atoms with Crippen molar-refractivity contribution in [3.63, 3.8) is 0 Å². The summed E-state index contributed by atoms with van der Waals surface area (Å²) in [6.45, 7) is 0. The van der Waals surface area contributed by atoms with Crippen LogP contribution in [-0.2, 0) is 4.79 Å². The summed E-state index contributed by atoms with van der Waals surface area (Å²) in [5, 5.41) is 2.06. The van der Waals surface area contributed by atoms with Crippen LogP contribution in [0.4, 0.5) is 14.5 Å². The summed E-state index contributed by atoms with van der Waals surface area (Å²) in [6.07, 6.45) is 0. The van der Waals surface area contributed by atoms with Gasteiger partial charge in [0.2, 0.25) is 5.91 Å². The average Bonchev–Trinajstić information content (AvgIpc) is 2.69. The first-order valence-corrected chi connectivity index (χ1v) is 9.06. The summed E-state index contributed by atoms with van der Waals surface area (Å²) in [5.74, 6) is -0.869. The second-order valence-corrected chi connectivity index (χ2v) is 6.85. The fourth-order valence-corrected chi connectivity index (χ4v) is 3.58. The summed E-state index contributed by atoms with van der Waals surface area (Å²) < 4.78 is 32.8. The highest BCUT2D eigenvalue weighted by Gasteiger charge is 2.24. The predicted octanol–water partition coefficient (Wildman–Crippen LogP) is 5.45. The SMILES string of the molecule is COc1cccc(NC(=O)[C@H](Sc2cc(F)ccc2F)c2ccccc2)c1. The van der Waals surface area contributed by atoms with Gasteiger partial charge in [-0.1, -0.05) is 36.4 Å². The lowest BCUT2D eigenvalue weighted by molar-refractivity contribution is -0.115. The molecule has 0 heterocycles. The molecule has 27 heavy (non-hydrogen) atoms. The molecule has 0 spiro atoms. The number of carbonyl (C=O) groups excluding carboxylic acids is 1. The van der Waals surface area contributed by atoms with Crippen LogP contribution in [0, 0.1) is 11.6 Å². The van der Waals surface area contributed by atoms with Crippen molar-refractivity contribution in [2.75, 3.05) is 12.4 Å². The molecule has 0 fully saturated rings. The first-order chi connectivity index (χ1) is 13.1. The van der Waals surface area contributed by atoms with E-state index < -0.39 is 16.9 Å². The third kappa shape index (κ3) is 4.86. The maximum absolute atomic E-state index is 14.1. The van der Waals surface area contributed by atoms with Crippen LogP contribution in [0.15, 0.2) is 77.7 Å². The number of nitrogens with one attached hydrogen (secondary N) is 1. The zero-order chi connectivity index (χ0) is 19.2. The smallest absolute Gasteiger partial charge is 0.242 e. The van der Waals surface area contributed by atoms with Crippen LogP contribution in [0.5, 0.6) is 5.75 Å². The Labute approximate surface area is 160 Å². The number of hydrogen-bond acceptors (Lipinski definition) is 3. The molecule has 1 atom stereocenters. The van der Waals surface area contributed by atoms with Crippen molar-refractivity contribution in [2.24, 2.45) is 0 Å². The Morgan fingerprint density at radius 2 is 1.78 bits per heavy atom. The molecule has 0 aliphatic heterocycles. The number of carbonyl (C=O) groups is 1. The standard InChI is InChI=1S/C21H17F2NO2S/c1-26-17-9-5-8-16(13-17)24-21(25)20(14-6-3-2-4-7-14)27-19-12-15(22)10-11-18(19)23/h2-13,20H,1H3,(H,24,25)/t20-/m1/s1. The highest BCUT2D eigenvalue weighted by Crippen LogP contribution is 2.38. The van der Waals surface area contributed by atoms with E-state index in [-0.39, 0.29) is 10.8 Å². The molecule has 1 amide bonds. The van der Waals surface area contributed by atoms with E-state index in [1.54, 1.807) is 48.5 Å². The minimum atomic E-state index is -0.756. The van der Waals surface area contributed by atoms with Gasteiger partial charge in [-0.05, 0) is 35.9 Å². The maximum atomic E-state index is 14.1. The van der Waals surface area contributed by atoms with Crippen molar-refractivity contribution in [1.29, 1.82) is 0 Å². The molecule has 3 nitrogen and oxygen atoms in total. The largest absolute Gasteiger partial charge is 0.497 e. The van der Waals surface area contributed by atoms with E-state index in [9.17, 15) is 13.6 Å². The second-order valence-electron chi connectivity index (χ2n) is 5.70. The Hall–Kier alpha value is -2.86. The number of benzene rings is 3. The Bertz CT molecular complexity index is 934. The first-order valence-electron chi connectivity index (χ1n) is 8.18. The molecule has 1 N–H and O–H groups in total. The lowest BCUT2D eigenvalue weighted by Gasteiger charge is -2.18. The fourth-order valence-electron chi connectivity index (χ4n) is 2.50. The highest BCUT2D eigenvalue weighted by atomic mass is 32.2. The Morgan fingerprint density at radius 1 is 1.00 bits per heavy atom. The minimum Gasteiger partial charge on any atom is -0.497 e. The number of thioether (sulfide) groups is 1. The average molecular weight is 385 g/mol. The van der Waals surface area contributed by atoms with E-state index in [4.69, 9.17) is 4.74 Å². The van der Waals surface area contributed by atoms with Crippen molar-refractivity contribution < 1.29 is 18.3 Å². The number of amides is 1. The normalized spacial score (nSPS) is 11.7. The maximum Gasteiger partial charge on any atom is 0.242 e. The summed E-state index contributed by atoms with van der Waals surface area (Å²) in [5.41, 5.74) is 1.24. The molecule has 0 aliphatic rings. The van der Waals surface area contributed by atoms with Crippen LogP contribution < -0.4 is 10.1 Å². The summed E-state index contributed by atoms with van der Waals surface area (Å²) >= 11 is 0.962. The number of methoxy groups -OCH3 is 1. The molecule has 3 aromatic carbocycles. The van der Waals surface area contributed by atoms with Crippen LogP contribution >= 0.6 is 11.8 Å². The Kier molecular flexibility index (Phi) is 6.08. The van der Waals surface area contributed by atoms with E-state index in [0.29, 0.717) is 17.0 Å². The number of ether oxygens (including phenoxy) is 1. The zero-order valence-electron chi connectivity index (χ0n) is 14.5. The van der Waals surface area contributed by atoms with Crippen molar-refractivity contribution in [1.82, 2.24) is 0 Å². The zero-order valence-corrected chi connectivity index (χ0v) is 15.3. The van der Waals surface area contributed by atoms with Gasteiger partial charge in [0, 0.05) is 16.6 Å². The number of anilines is 1. The van der Waals surface area contributed by atoms with Gasteiger partial charge < -0.3 is 10.1 Å². The van der Waals surface area contributed by atoms with Gasteiger partial charge in [0.1, 0.15) is 22.6 Å². The van der Waals surface area contributed by atoms with E-state index in [1.165, 1.54) is 7.11 Å². The van der Waals surface area contributed by atoms with Crippen LogP contribution in [0.25, 0.3) is 0 Å². The Balaban J connectivity index is 1.89. The molecular weight excluding hydrogens is 368 g/mol. The first kappa shape index (κ1) is 18.9. The van der Waals surface area contributed by atoms with Gasteiger partial charge in [-0.3, -0.25) is 4.79 Å². The Morgan fingerprint density at radius 3 is 2.52 bits per heavy atom. The molecule has 0 bridgehead atoms.